The molecule has 2 rings (SSSR count). The first-order valence-corrected chi connectivity index (χ1v) is 7.35. The van der Waals surface area contributed by atoms with Crippen LogP contribution in [0.3, 0.4) is 0 Å². The molecular formula is C16H18F3N3O2. The SMILES string of the molecule is CC(O)CCN(C)C(=O)c1ccn(-c2cccc(C(F)(F)F)c2)n1. The largest absolute Gasteiger partial charge is 0.416 e. The first kappa shape index (κ1) is 18.0. The quantitative estimate of drug-likeness (QED) is 0.910. The Hall–Kier alpha value is -2.35. The molecule has 0 aliphatic carbocycles. The van der Waals surface area contributed by atoms with Crippen LogP contribution in [0.1, 0.15) is 29.4 Å². The fraction of sp³-hybridized carbons (Fsp3) is 0.375. The highest BCUT2D eigenvalue weighted by molar-refractivity contribution is 5.92. The Morgan fingerprint density at radius 2 is 2.08 bits per heavy atom. The molecule has 0 fully saturated rings. The second kappa shape index (κ2) is 7.04. The van der Waals surface area contributed by atoms with Gasteiger partial charge >= 0.3 is 6.18 Å². The molecular weight excluding hydrogens is 323 g/mol. The second-order valence-electron chi connectivity index (χ2n) is 5.56. The number of halogens is 3. The average molecular weight is 341 g/mol. The minimum absolute atomic E-state index is 0.125. The van der Waals surface area contributed by atoms with E-state index >= 15 is 0 Å². The lowest BCUT2D eigenvalue weighted by Gasteiger charge is -2.16. The van der Waals surface area contributed by atoms with E-state index in [9.17, 15) is 23.1 Å². The number of benzene rings is 1. The Labute approximate surface area is 137 Å². The van der Waals surface area contributed by atoms with Gasteiger partial charge in [-0.2, -0.15) is 18.3 Å². The number of hydrogen-bond acceptors (Lipinski definition) is 3. The van der Waals surface area contributed by atoms with Crippen LogP contribution in [0.2, 0.25) is 0 Å². The van der Waals surface area contributed by atoms with Gasteiger partial charge in [-0.1, -0.05) is 6.07 Å². The van der Waals surface area contributed by atoms with Crippen molar-refractivity contribution in [2.24, 2.45) is 0 Å². The van der Waals surface area contributed by atoms with Gasteiger partial charge in [0.15, 0.2) is 5.69 Å². The fourth-order valence-corrected chi connectivity index (χ4v) is 2.08. The first-order chi connectivity index (χ1) is 11.2. The van der Waals surface area contributed by atoms with Crippen LogP contribution >= 0.6 is 0 Å². The molecule has 1 aromatic heterocycles. The van der Waals surface area contributed by atoms with Gasteiger partial charge in [0, 0.05) is 19.8 Å². The zero-order valence-corrected chi connectivity index (χ0v) is 13.3. The van der Waals surface area contributed by atoms with Crippen molar-refractivity contribution in [2.45, 2.75) is 25.6 Å². The van der Waals surface area contributed by atoms with Crippen molar-refractivity contribution in [3.63, 3.8) is 0 Å². The van der Waals surface area contributed by atoms with E-state index in [0.29, 0.717) is 13.0 Å². The highest BCUT2D eigenvalue weighted by Crippen LogP contribution is 2.30. The maximum absolute atomic E-state index is 12.8. The van der Waals surface area contributed by atoms with Crippen molar-refractivity contribution < 1.29 is 23.1 Å². The van der Waals surface area contributed by atoms with Crippen molar-refractivity contribution >= 4 is 5.91 Å². The number of carbonyl (C=O) groups is 1. The van der Waals surface area contributed by atoms with E-state index in [1.165, 1.54) is 34.0 Å². The smallest absolute Gasteiger partial charge is 0.393 e. The predicted octanol–water partition coefficient (Wildman–Crippen LogP) is 2.73. The third kappa shape index (κ3) is 4.35. The summed E-state index contributed by atoms with van der Waals surface area (Å²) < 4.78 is 39.5. The maximum atomic E-state index is 12.8. The van der Waals surface area contributed by atoms with Gasteiger partial charge in [-0.05, 0) is 37.6 Å². The molecule has 1 N–H and O–H groups in total. The van der Waals surface area contributed by atoms with Crippen LogP contribution in [0.25, 0.3) is 5.69 Å². The average Bonchev–Trinajstić information content (AvgIpc) is 3.01. The number of rotatable bonds is 5. The number of nitrogens with zero attached hydrogens (tertiary/aromatic N) is 3. The minimum Gasteiger partial charge on any atom is -0.393 e. The normalized spacial score (nSPS) is 12.9. The number of carbonyl (C=O) groups excluding carboxylic acids is 1. The molecule has 1 amide bonds. The summed E-state index contributed by atoms with van der Waals surface area (Å²) in [6.45, 7) is 1.98. The highest BCUT2D eigenvalue weighted by atomic mass is 19.4. The molecule has 0 saturated carbocycles. The molecule has 0 aliphatic heterocycles. The van der Waals surface area contributed by atoms with Gasteiger partial charge in [-0.25, -0.2) is 4.68 Å². The molecule has 130 valence electrons. The molecule has 5 nitrogen and oxygen atoms in total. The monoisotopic (exact) mass is 341 g/mol. The van der Waals surface area contributed by atoms with E-state index in [0.717, 1.165) is 12.1 Å². The van der Waals surface area contributed by atoms with Crippen molar-refractivity contribution in [1.82, 2.24) is 14.7 Å². The Bertz CT molecular complexity index is 711. The van der Waals surface area contributed by atoms with Crippen molar-refractivity contribution in [1.29, 1.82) is 0 Å². The van der Waals surface area contributed by atoms with Crippen LogP contribution < -0.4 is 0 Å². The fourth-order valence-electron chi connectivity index (χ4n) is 2.08. The van der Waals surface area contributed by atoms with Crippen molar-refractivity contribution in [2.75, 3.05) is 13.6 Å². The van der Waals surface area contributed by atoms with Crippen LogP contribution in [0.4, 0.5) is 13.2 Å². The van der Waals surface area contributed by atoms with Gasteiger partial charge in [0.2, 0.25) is 0 Å². The van der Waals surface area contributed by atoms with Gasteiger partial charge in [-0.3, -0.25) is 4.79 Å². The van der Waals surface area contributed by atoms with E-state index < -0.39 is 17.8 Å². The Balaban J connectivity index is 2.17. The Kier molecular flexibility index (Phi) is 5.28. The van der Waals surface area contributed by atoms with Gasteiger partial charge in [-0.15, -0.1) is 0 Å². The van der Waals surface area contributed by atoms with Crippen LogP contribution in [-0.2, 0) is 6.18 Å². The second-order valence-corrected chi connectivity index (χ2v) is 5.56. The zero-order valence-electron chi connectivity index (χ0n) is 13.3. The molecule has 0 aliphatic rings. The molecule has 2 aromatic rings. The number of alkyl halides is 3. The maximum Gasteiger partial charge on any atom is 0.416 e. The molecule has 0 radical (unpaired) electrons. The predicted molar refractivity (Wildman–Crippen MR) is 81.8 cm³/mol. The third-order valence-corrected chi connectivity index (χ3v) is 3.48. The summed E-state index contributed by atoms with van der Waals surface area (Å²) in [5.41, 5.74) is -0.437. The van der Waals surface area contributed by atoms with Gasteiger partial charge in [0.1, 0.15) is 0 Å². The van der Waals surface area contributed by atoms with E-state index in [1.807, 2.05) is 0 Å². The van der Waals surface area contributed by atoms with E-state index in [1.54, 1.807) is 14.0 Å². The molecule has 8 heteroatoms. The van der Waals surface area contributed by atoms with E-state index in [2.05, 4.69) is 5.10 Å². The molecule has 0 spiro atoms. The topological polar surface area (TPSA) is 58.4 Å². The first-order valence-electron chi connectivity index (χ1n) is 7.35. The number of aliphatic hydroxyl groups excluding tert-OH is 1. The number of hydrogen-bond donors (Lipinski definition) is 1. The van der Waals surface area contributed by atoms with Crippen molar-refractivity contribution in [3.8, 4) is 5.69 Å². The van der Waals surface area contributed by atoms with E-state index in [-0.39, 0.29) is 17.3 Å². The molecule has 1 atom stereocenters. The summed E-state index contributed by atoms with van der Waals surface area (Å²) >= 11 is 0. The number of amides is 1. The number of aromatic nitrogens is 2. The van der Waals surface area contributed by atoms with Crippen LogP contribution in [0.5, 0.6) is 0 Å². The molecule has 1 heterocycles. The molecule has 1 aromatic carbocycles. The summed E-state index contributed by atoms with van der Waals surface area (Å²) in [7, 11) is 1.58. The zero-order chi connectivity index (χ0) is 17.9. The van der Waals surface area contributed by atoms with Crippen LogP contribution in [-0.4, -0.2) is 45.4 Å². The van der Waals surface area contributed by atoms with Gasteiger partial charge in [0.25, 0.3) is 5.91 Å². The lowest BCUT2D eigenvalue weighted by molar-refractivity contribution is -0.137. The van der Waals surface area contributed by atoms with E-state index in [4.69, 9.17) is 0 Å². The highest BCUT2D eigenvalue weighted by Gasteiger charge is 2.30. The van der Waals surface area contributed by atoms with Gasteiger partial charge < -0.3 is 10.0 Å². The Morgan fingerprint density at radius 3 is 2.71 bits per heavy atom. The molecule has 0 bridgehead atoms. The summed E-state index contributed by atoms with van der Waals surface area (Å²) in [5.74, 6) is -0.360. The summed E-state index contributed by atoms with van der Waals surface area (Å²) in [6.07, 6.45) is -3.10. The molecule has 1 unspecified atom stereocenters. The minimum atomic E-state index is -4.44. The summed E-state index contributed by atoms with van der Waals surface area (Å²) in [5, 5.41) is 13.3. The lowest BCUT2D eigenvalue weighted by Crippen LogP contribution is -2.29. The van der Waals surface area contributed by atoms with Crippen molar-refractivity contribution in [3.05, 3.63) is 47.8 Å². The lowest BCUT2D eigenvalue weighted by atomic mass is 10.2. The Morgan fingerprint density at radius 1 is 1.38 bits per heavy atom. The van der Waals surface area contributed by atoms with Crippen LogP contribution in [0.15, 0.2) is 36.5 Å². The summed E-state index contributed by atoms with van der Waals surface area (Å²) in [6, 6.07) is 6.16. The number of aliphatic hydroxyl groups is 1. The standard InChI is InChI=1S/C16H18F3N3O2/c1-11(23)6-8-21(2)15(24)14-7-9-22(20-14)13-5-3-4-12(10-13)16(17,18)19/h3-5,7,9-11,23H,6,8H2,1-2H3. The van der Waals surface area contributed by atoms with Gasteiger partial charge in [0.05, 0.1) is 17.4 Å². The molecule has 24 heavy (non-hydrogen) atoms. The molecule has 0 saturated heterocycles. The third-order valence-electron chi connectivity index (χ3n) is 3.48. The summed E-state index contributed by atoms with van der Waals surface area (Å²) in [4.78, 5) is 13.6. The van der Waals surface area contributed by atoms with Crippen LogP contribution in [0, 0.1) is 0 Å².